The summed E-state index contributed by atoms with van der Waals surface area (Å²) in [6, 6.07) is 14.1. The Balaban J connectivity index is 1.47. The second-order valence-corrected chi connectivity index (χ2v) is 6.89. The van der Waals surface area contributed by atoms with Gasteiger partial charge in [0.15, 0.2) is 6.61 Å². The number of hydrogen-bond acceptors (Lipinski definition) is 4. The van der Waals surface area contributed by atoms with E-state index in [2.05, 4.69) is 10.9 Å². The summed E-state index contributed by atoms with van der Waals surface area (Å²) in [4.78, 5) is 38.2. The van der Waals surface area contributed by atoms with Gasteiger partial charge in [0.05, 0.1) is 0 Å². The number of benzene rings is 2. The van der Waals surface area contributed by atoms with Crippen molar-refractivity contribution in [3.63, 3.8) is 0 Å². The van der Waals surface area contributed by atoms with Crippen molar-refractivity contribution in [2.24, 2.45) is 5.92 Å². The molecule has 1 atom stereocenters. The zero-order valence-corrected chi connectivity index (χ0v) is 16.0. The van der Waals surface area contributed by atoms with Crippen LogP contribution >= 0.6 is 11.6 Å². The van der Waals surface area contributed by atoms with Crippen LogP contribution in [0.1, 0.15) is 12.0 Å². The van der Waals surface area contributed by atoms with Crippen LogP contribution in [0.15, 0.2) is 48.5 Å². The van der Waals surface area contributed by atoms with Crippen molar-refractivity contribution in [1.82, 2.24) is 10.9 Å². The van der Waals surface area contributed by atoms with Gasteiger partial charge >= 0.3 is 0 Å². The Morgan fingerprint density at radius 3 is 2.64 bits per heavy atom. The van der Waals surface area contributed by atoms with Gasteiger partial charge in [0, 0.05) is 17.3 Å². The van der Waals surface area contributed by atoms with Gasteiger partial charge in [-0.3, -0.25) is 25.2 Å². The first kappa shape index (κ1) is 19.7. The van der Waals surface area contributed by atoms with Crippen LogP contribution in [0.4, 0.5) is 5.69 Å². The van der Waals surface area contributed by atoms with Crippen LogP contribution in [0.3, 0.4) is 0 Å². The fourth-order valence-corrected chi connectivity index (χ4v) is 3.04. The highest BCUT2D eigenvalue weighted by Crippen LogP contribution is 2.26. The number of halogens is 1. The lowest BCUT2D eigenvalue weighted by Gasteiger charge is -2.17. The number of hydrazine groups is 1. The van der Waals surface area contributed by atoms with Crippen LogP contribution in [-0.2, 0) is 14.4 Å². The second-order valence-electron chi connectivity index (χ2n) is 6.45. The molecular formula is C20H20ClN3O4. The van der Waals surface area contributed by atoms with E-state index in [0.29, 0.717) is 29.4 Å². The molecule has 0 spiro atoms. The molecule has 8 heteroatoms. The minimum Gasteiger partial charge on any atom is -0.484 e. The molecule has 0 saturated carbocycles. The number of carbonyl (C=O) groups excluding carboxylic acids is 3. The van der Waals surface area contributed by atoms with Crippen LogP contribution in [-0.4, -0.2) is 30.9 Å². The third-order valence-corrected chi connectivity index (χ3v) is 4.60. The SMILES string of the molecule is Cc1cccc(OCC(=O)NNC(=O)C2CCN(c3ccc(Cl)cc3)C2=O)c1. The lowest BCUT2D eigenvalue weighted by Crippen LogP contribution is -2.47. The normalized spacial score (nSPS) is 16.0. The summed E-state index contributed by atoms with van der Waals surface area (Å²) in [6.45, 7) is 2.08. The Morgan fingerprint density at radius 1 is 1.18 bits per heavy atom. The largest absolute Gasteiger partial charge is 0.484 e. The van der Waals surface area contributed by atoms with Gasteiger partial charge in [-0.15, -0.1) is 0 Å². The van der Waals surface area contributed by atoms with Crippen molar-refractivity contribution >= 4 is 35.0 Å². The van der Waals surface area contributed by atoms with Crippen molar-refractivity contribution < 1.29 is 19.1 Å². The predicted molar refractivity (Wildman–Crippen MR) is 105 cm³/mol. The van der Waals surface area contributed by atoms with E-state index in [-0.39, 0.29) is 12.5 Å². The van der Waals surface area contributed by atoms with Crippen LogP contribution in [0.5, 0.6) is 5.75 Å². The molecule has 28 heavy (non-hydrogen) atoms. The molecule has 7 nitrogen and oxygen atoms in total. The topological polar surface area (TPSA) is 87.7 Å². The minimum atomic E-state index is -0.853. The zero-order valence-electron chi connectivity index (χ0n) is 15.3. The molecule has 0 aromatic heterocycles. The van der Waals surface area contributed by atoms with Crippen molar-refractivity contribution in [1.29, 1.82) is 0 Å². The molecule has 1 saturated heterocycles. The number of nitrogens with zero attached hydrogens (tertiary/aromatic N) is 1. The number of hydrogen-bond donors (Lipinski definition) is 2. The van der Waals surface area contributed by atoms with Crippen LogP contribution in [0.2, 0.25) is 5.02 Å². The van der Waals surface area contributed by atoms with Gasteiger partial charge < -0.3 is 9.64 Å². The maximum atomic E-state index is 12.5. The molecule has 0 aliphatic carbocycles. The molecular weight excluding hydrogens is 382 g/mol. The standard InChI is InChI=1S/C20H20ClN3O4/c1-13-3-2-4-16(11-13)28-12-18(25)22-23-19(26)17-9-10-24(20(17)27)15-7-5-14(21)6-8-15/h2-8,11,17H,9-10,12H2,1H3,(H,22,25)(H,23,26). The number of nitrogens with one attached hydrogen (secondary N) is 2. The van der Waals surface area contributed by atoms with Gasteiger partial charge in [0.1, 0.15) is 11.7 Å². The van der Waals surface area contributed by atoms with E-state index < -0.39 is 17.7 Å². The lowest BCUT2D eigenvalue weighted by atomic mass is 10.1. The summed E-state index contributed by atoms with van der Waals surface area (Å²) < 4.78 is 5.36. The molecule has 1 aliphatic rings. The predicted octanol–water partition coefficient (Wildman–Crippen LogP) is 2.23. The highest BCUT2D eigenvalue weighted by molar-refractivity contribution is 6.30. The van der Waals surface area contributed by atoms with Crippen LogP contribution in [0, 0.1) is 12.8 Å². The molecule has 2 aromatic carbocycles. The molecule has 1 heterocycles. The summed E-state index contributed by atoms with van der Waals surface area (Å²) in [7, 11) is 0. The number of carbonyl (C=O) groups is 3. The molecule has 0 radical (unpaired) electrons. The summed E-state index contributed by atoms with van der Waals surface area (Å²) in [5, 5.41) is 0.570. The van der Waals surface area contributed by atoms with Gasteiger partial charge in [0.2, 0.25) is 5.91 Å². The van der Waals surface area contributed by atoms with E-state index in [1.165, 1.54) is 4.90 Å². The van der Waals surface area contributed by atoms with Gasteiger partial charge in [-0.1, -0.05) is 23.7 Å². The summed E-state index contributed by atoms with van der Waals surface area (Å²) in [5.41, 5.74) is 6.26. The molecule has 3 rings (SSSR count). The summed E-state index contributed by atoms with van der Waals surface area (Å²) in [6.07, 6.45) is 0.364. The van der Waals surface area contributed by atoms with E-state index in [9.17, 15) is 14.4 Å². The van der Waals surface area contributed by atoms with E-state index in [4.69, 9.17) is 16.3 Å². The first-order valence-corrected chi connectivity index (χ1v) is 9.17. The first-order valence-electron chi connectivity index (χ1n) is 8.79. The van der Waals surface area contributed by atoms with Gasteiger partial charge in [-0.05, 0) is 55.3 Å². The Bertz CT molecular complexity index is 885. The molecule has 2 aromatic rings. The Labute approximate surface area is 167 Å². The maximum Gasteiger partial charge on any atom is 0.276 e. The monoisotopic (exact) mass is 401 g/mol. The van der Waals surface area contributed by atoms with Crippen molar-refractivity contribution in [3.8, 4) is 5.75 Å². The maximum absolute atomic E-state index is 12.5. The second kappa shape index (κ2) is 8.75. The highest BCUT2D eigenvalue weighted by atomic mass is 35.5. The van der Waals surface area contributed by atoms with E-state index in [0.717, 1.165) is 5.56 Å². The lowest BCUT2D eigenvalue weighted by molar-refractivity contribution is -0.136. The highest BCUT2D eigenvalue weighted by Gasteiger charge is 2.37. The first-order chi connectivity index (χ1) is 13.4. The van der Waals surface area contributed by atoms with Crippen LogP contribution in [0.25, 0.3) is 0 Å². The number of rotatable bonds is 5. The molecule has 3 amide bonds. The molecule has 146 valence electrons. The van der Waals surface area contributed by atoms with Crippen LogP contribution < -0.4 is 20.5 Å². The quantitative estimate of drug-likeness (QED) is 0.594. The minimum absolute atomic E-state index is 0.251. The average molecular weight is 402 g/mol. The molecule has 1 unspecified atom stereocenters. The van der Waals surface area contributed by atoms with Gasteiger partial charge in [0.25, 0.3) is 11.8 Å². The fraction of sp³-hybridized carbons (Fsp3) is 0.250. The molecule has 1 aliphatic heterocycles. The number of aryl methyl sites for hydroxylation is 1. The Hall–Kier alpha value is -3.06. The smallest absolute Gasteiger partial charge is 0.276 e. The third-order valence-electron chi connectivity index (χ3n) is 4.34. The van der Waals surface area contributed by atoms with E-state index in [1.54, 1.807) is 36.4 Å². The zero-order chi connectivity index (χ0) is 20.1. The van der Waals surface area contributed by atoms with Crippen molar-refractivity contribution in [3.05, 3.63) is 59.1 Å². The van der Waals surface area contributed by atoms with Gasteiger partial charge in [-0.2, -0.15) is 0 Å². The molecule has 0 bridgehead atoms. The van der Waals surface area contributed by atoms with E-state index >= 15 is 0 Å². The average Bonchev–Trinajstić information content (AvgIpc) is 3.06. The number of anilines is 1. The number of amides is 3. The Kier molecular flexibility index (Phi) is 6.16. The van der Waals surface area contributed by atoms with Crippen molar-refractivity contribution in [2.45, 2.75) is 13.3 Å². The summed E-state index contributed by atoms with van der Waals surface area (Å²) in [5.74, 6) is -1.68. The molecule has 2 N–H and O–H groups in total. The molecule has 1 fully saturated rings. The van der Waals surface area contributed by atoms with Crippen molar-refractivity contribution in [2.75, 3.05) is 18.1 Å². The van der Waals surface area contributed by atoms with Gasteiger partial charge in [-0.25, -0.2) is 0 Å². The summed E-state index contributed by atoms with van der Waals surface area (Å²) >= 11 is 5.86. The Morgan fingerprint density at radius 2 is 1.93 bits per heavy atom. The fourth-order valence-electron chi connectivity index (χ4n) is 2.91. The van der Waals surface area contributed by atoms with E-state index in [1.807, 2.05) is 19.1 Å². The number of ether oxygens (including phenoxy) is 1. The third kappa shape index (κ3) is 4.80.